The maximum atomic E-state index is 13.2. The molecule has 2 heterocycles. The van der Waals surface area contributed by atoms with Crippen LogP contribution in [-0.4, -0.2) is 54.7 Å². The van der Waals surface area contributed by atoms with Crippen molar-refractivity contribution in [3.05, 3.63) is 41.1 Å². The maximum Gasteiger partial charge on any atom is 0.256 e. The zero-order valence-electron chi connectivity index (χ0n) is 18.2. The van der Waals surface area contributed by atoms with Gasteiger partial charge >= 0.3 is 0 Å². The molecule has 0 radical (unpaired) electrons. The van der Waals surface area contributed by atoms with Gasteiger partial charge in [0, 0.05) is 24.7 Å². The van der Waals surface area contributed by atoms with Crippen LogP contribution in [0.2, 0.25) is 0 Å². The number of nitrogens with zero attached hydrogens (tertiary/aromatic N) is 3. The second-order valence-electron chi connectivity index (χ2n) is 8.40. The second-order valence-corrected chi connectivity index (χ2v) is 10.3. The van der Waals surface area contributed by atoms with Gasteiger partial charge in [0.1, 0.15) is 5.82 Å². The number of hydrogen-bond acceptors (Lipinski definition) is 5. The summed E-state index contributed by atoms with van der Waals surface area (Å²) in [5, 5.41) is 7.34. The molecule has 0 spiro atoms. The Labute approximate surface area is 178 Å². The van der Waals surface area contributed by atoms with Crippen molar-refractivity contribution >= 4 is 21.7 Å². The molecule has 1 aromatic carbocycles. The number of anilines is 1. The van der Waals surface area contributed by atoms with E-state index >= 15 is 0 Å². The van der Waals surface area contributed by atoms with Crippen LogP contribution in [0.3, 0.4) is 0 Å². The van der Waals surface area contributed by atoms with Crippen molar-refractivity contribution in [1.82, 2.24) is 14.1 Å². The number of amides is 1. The molecule has 0 saturated carbocycles. The van der Waals surface area contributed by atoms with Gasteiger partial charge in [0.05, 0.1) is 29.3 Å². The molecule has 1 aliphatic rings. The van der Waals surface area contributed by atoms with Crippen LogP contribution >= 0.6 is 0 Å². The molecular weight excluding hydrogens is 404 g/mol. The molecule has 0 atom stereocenters. The van der Waals surface area contributed by atoms with Crippen molar-refractivity contribution < 1.29 is 17.9 Å². The van der Waals surface area contributed by atoms with E-state index in [1.54, 1.807) is 22.9 Å². The van der Waals surface area contributed by atoms with Crippen molar-refractivity contribution in [2.75, 3.05) is 31.6 Å². The van der Waals surface area contributed by atoms with E-state index in [0.717, 1.165) is 5.69 Å². The number of nitrogens with one attached hydrogen (secondary N) is 1. The largest absolute Gasteiger partial charge is 0.379 e. The fraction of sp³-hybridized carbons (Fsp3) is 0.524. The fourth-order valence-electron chi connectivity index (χ4n) is 3.44. The summed E-state index contributed by atoms with van der Waals surface area (Å²) in [6, 6.07) is 6.66. The predicted octanol–water partition coefficient (Wildman–Crippen LogP) is 2.78. The zero-order valence-corrected chi connectivity index (χ0v) is 19.0. The van der Waals surface area contributed by atoms with Gasteiger partial charge in [0.25, 0.3) is 5.91 Å². The minimum Gasteiger partial charge on any atom is -0.379 e. The van der Waals surface area contributed by atoms with E-state index in [0.29, 0.717) is 49.7 Å². The Hall–Kier alpha value is -2.23. The third-order valence-corrected chi connectivity index (χ3v) is 6.99. The zero-order chi connectivity index (χ0) is 22.1. The van der Waals surface area contributed by atoms with E-state index in [1.165, 1.54) is 10.4 Å². The lowest BCUT2D eigenvalue weighted by Crippen LogP contribution is -2.41. The summed E-state index contributed by atoms with van der Waals surface area (Å²) in [5.74, 6) is 0.198. The van der Waals surface area contributed by atoms with Gasteiger partial charge in [0.2, 0.25) is 10.0 Å². The Bertz CT molecular complexity index is 1030. The van der Waals surface area contributed by atoms with Crippen molar-refractivity contribution in [3.63, 3.8) is 0 Å². The Morgan fingerprint density at radius 1 is 1.20 bits per heavy atom. The highest BCUT2D eigenvalue weighted by atomic mass is 32.2. The molecular formula is C21H30N4O4S. The SMILES string of the molecule is CCc1ccc(C(=O)Nc2cc(C)nn2C(C)(C)C)cc1S(=O)(=O)N1CCOCC1. The molecule has 3 rings (SSSR count). The Morgan fingerprint density at radius 2 is 1.87 bits per heavy atom. The molecule has 9 heteroatoms. The van der Waals surface area contributed by atoms with E-state index < -0.39 is 10.0 Å². The molecule has 0 unspecified atom stereocenters. The highest BCUT2D eigenvalue weighted by molar-refractivity contribution is 7.89. The van der Waals surface area contributed by atoms with Crippen LogP contribution in [0.1, 0.15) is 49.3 Å². The van der Waals surface area contributed by atoms with Crippen molar-refractivity contribution in [3.8, 4) is 0 Å². The molecule has 1 fully saturated rings. The first-order chi connectivity index (χ1) is 14.0. The van der Waals surface area contributed by atoms with Crippen LogP contribution in [0.5, 0.6) is 0 Å². The van der Waals surface area contributed by atoms with Crippen LogP contribution in [0.15, 0.2) is 29.2 Å². The number of benzene rings is 1. The fourth-order valence-corrected chi connectivity index (χ4v) is 5.17. The minimum absolute atomic E-state index is 0.181. The summed E-state index contributed by atoms with van der Waals surface area (Å²) in [6.45, 7) is 11.1. The van der Waals surface area contributed by atoms with E-state index in [4.69, 9.17) is 4.74 Å². The van der Waals surface area contributed by atoms with Gasteiger partial charge in [-0.2, -0.15) is 9.40 Å². The van der Waals surface area contributed by atoms with Crippen molar-refractivity contribution in [2.45, 2.75) is 51.5 Å². The molecule has 30 heavy (non-hydrogen) atoms. The number of ether oxygens (including phenoxy) is 1. The molecule has 0 bridgehead atoms. The first kappa shape index (κ1) is 22.5. The molecule has 1 saturated heterocycles. The quantitative estimate of drug-likeness (QED) is 0.781. The summed E-state index contributed by atoms with van der Waals surface area (Å²) >= 11 is 0. The number of carbonyl (C=O) groups excluding carboxylic acids is 1. The van der Waals surface area contributed by atoms with Crippen LogP contribution in [0.25, 0.3) is 0 Å². The number of morpholine rings is 1. The standard InChI is InChI=1S/C21H30N4O4S/c1-6-16-7-8-17(14-18(16)30(27,28)24-9-11-29-12-10-24)20(26)22-19-13-15(2)23-25(19)21(3,4)5/h7-8,13-14H,6,9-12H2,1-5H3,(H,22,26). The lowest BCUT2D eigenvalue weighted by atomic mass is 10.1. The van der Waals surface area contributed by atoms with Gasteiger partial charge in [-0.05, 0) is 51.8 Å². The van der Waals surface area contributed by atoms with Gasteiger partial charge in [0.15, 0.2) is 0 Å². The Balaban J connectivity index is 1.94. The highest BCUT2D eigenvalue weighted by Gasteiger charge is 2.29. The van der Waals surface area contributed by atoms with Crippen LogP contribution < -0.4 is 5.32 Å². The normalized spacial score (nSPS) is 15.9. The van der Waals surface area contributed by atoms with E-state index in [9.17, 15) is 13.2 Å². The molecule has 1 amide bonds. The van der Waals surface area contributed by atoms with Crippen LogP contribution in [0.4, 0.5) is 5.82 Å². The lowest BCUT2D eigenvalue weighted by Gasteiger charge is -2.27. The number of rotatable bonds is 5. The maximum absolute atomic E-state index is 13.2. The van der Waals surface area contributed by atoms with Gasteiger partial charge < -0.3 is 10.1 Å². The highest BCUT2D eigenvalue weighted by Crippen LogP contribution is 2.25. The van der Waals surface area contributed by atoms with E-state index in [1.807, 2.05) is 34.6 Å². The summed E-state index contributed by atoms with van der Waals surface area (Å²) in [4.78, 5) is 13.2. The van der Waals surface area contributed by atoms with Crippen LogP contribution in [-0.2, 0) is 26.7 Å². The van der Waals surface area contributed by atoms with Crippen molar-refractivity contribution in [2.24, 2.45) is 0 Å². The summed E-state index contributed by atoms with van der Waals surface area (Å²) in [5.41, 5.74) is 1.46. The van der Waals surface area contributed by atoms with Gasteiger partial charge in [-0.25, -0.2) is 13.1 Å². The third kappa shape index (κ3) is 4.58. The molecule has 1 N–H and O–H groups in total. The monoisotopic (exact) mass is 434 g/mol. The van der Waals surface area contributed by atoms with Gasteiger partial charge in [-0.3, -0.25) is 4.79 Å². The summed E-state index contributed by atoms with van der Waals surface area (Å²) < 4.78 is 34.9. The molecule has 164 valence electrons. The third-order valence-electron chi connectivity index (χ3n) is 5.01. The number of sulfonamides is 1. The van der Waals surface area contributed by atoms with Gasteiger partial charge in [-0.1, -0.05) is 13.0 Å². The number of hydrogen-bond donors (Lipinski definition) is 1. The van der Waals surface area contributed by atoms with E-state index in [2.05, 4.69) is 10.4 Å². The summed E-state index contributed by atoms with van der Waals surface area (Å²) in [6.07, 6.45) is 0.552. The van der Waals surface area contributed by atoms with Gasteiger partial charge in [-0.15, -0.1) is 0 Å². The van der Waals surface area contributed by atoms with Crippen LogP contribution in [0, 0.1) is 6.92 Å². The average Bonchev–Trinajstić information content (AvgIpc) is 3.08. The topological polar surface area (TPSA) is 93.5 Å². The molecule has 1 aliphatic heterocycles. The number of carbonyl (C=O) groups is 1. The Kier molecular flexibility index (Phi) is 6.35. The molecule has 2 aromatic rings. The molecule has 0 aliphatic carbocycles. The average molecular weight is 435 g/mol. The lowest BCUT2D eigenvalue weighted by molar-refractivity contribution is 0.0730. The van der Waals surface area contributed by atoms with E-state index in [-0.39, 0.29) is 16.3 Å². The van der Waals surface area contributed by atoms with Crippen molar-refractivity contribution in [1.29, 1.82) is 0 Å². The minimum atomic E-state index is -3.71. The molecule has 1 aromatic heterocycles. The predicted molar refractivity (Wildman–Crippen MR) is 115 cm³/mol. The first-order valence-corrected chi connectivity index (χ1v) is 11.6. The number of aromatic nitrogens is 2. The first-order valence-electron chi connectivity index (χ1n) is 10.1. The molecule has 8 nitrogen and oxygen atoms in total. The Morgan fingerprint density at radius 3 is 2.47 bits per heavy atom. The second kappa shape index (κ2) is 8.49. The number of aryl methyl sites for hydroxylation is 2. The summed E-state index contributed by atoms with van der Waals surface area (Å²) in [7, 11) is -3.71. The smallest absolute Gasteiger partial charge is 0.256 e.